The lowest BCUT2D eigenvalue weighted by Gasteiger charge is -2.26. The molecule has 2 aromatic rings. The quantitative estimate of drug-likeness (QED) is 0.854. The lowest BCUT2D eigenvalue weighted by Crippen LogP contribution is -2.37. The fourth-order valence-corrected chi connectivity index (χ4v) is 3.54. The number of hydrogen-bond donors (Lipinski definition) is 2. The Kier molecular flexibility index (Phi) is 5.32. The van der Waals surface area contributed by atoms with Crippen molar-refractivity contribution in [3.05, 3.63) is 53.0 Å². The van der Waals surface area contributed by atoms with Crippen molar-refractivity contribution >= 4 is 35.2 Å². The van der Waals surface area contributed by atoms with Crippen LogP contribution in [-0.2, 0) is 0 Å². The maximum absolute atomic E-state index is 12.5. The van der Waals surface area contributed by atoms with E-state index in [0.717, 1.165) is 36.4 Å². The summed E-state index contributed by atoms with van der Waals surface area (Å²) in [6.45, 7) is 3.28. The maximum Gasteiger partial charge on any atom is 0.338 e. The molecular formula is C18H18N2O5S. The van der Waals surface area contributed by atoms with Crippen LogP contribution < -0.4 is 5.32 Å². The highest BCUT2D eigenvalue weighted by atomic mass is 32.2. The first-order valence-electron chi connectivity index (χ1n) is 8.06. The van der Waals surface area contributed by atoms with Crippen LogP contribution in [0, 0.1) is 6.92 Å². The maximum atomic E-state index is 12.5. The van der Waals surface area contributed by atoms with E-state index in [-0.39, 0.29) is 17.2 Å². The zero-order valence-corrected chi connectivity index (χ0v) is 15.0. The molecule has 3 rings (SSSR count). The lowest BCUT2D eigenvalue weighted by atomic mass is 10.1. The smallest absolute Gasteiger partial charge is 0.338 e. The summed E-state index contributed by atoms with van der Waals surface area (Å²) in [7, 11) is 0. The Balaban J connectivity index is 1.71. The molecule has 0 spiro atoms. The number of carboxylic acids is 1. The van der Waals surface area contributed by atoms with Crippen LogP contribution >= 0.6 is 11.8 Å². The number of benzene rings is 1. The fourth-order valence-electron chi connectivity index (χ4n) is 2.64. The molecule has 0 bridgehead atoms. The molecular weight excluding hydrogens is 356 g/mol. The summed E-state index contributed by atoms with van der Waals surface area (Å²) in [5.41, 5.74) is 1.76. The summed E-state index contributed by atoms with van der Waals surface area (Å²) in [4.78, 5) is 37.4. The summed E-state index contributed by atoms with van der Waals surface area (Å²) in [6.07, 6.45) is 1.02. The zero-order chi connectivity index (χ0) is 18.7. The molecule has 1 fully saturated rings. The van der Waals surface area contributed by atoms with E-state index in [1.165, 1.54) is 6.07 Å². The third kappa shape index (κ3) is 3.91. The van der Waals surface area contributed by atoms with E-state index < -0.39 is 11.9 Å². The molecule has 8 heteroatoms. The molecule has 0 unspecified atom stereocenters. The normalized spacial score (nSPS) is 14.1. The average molecular weight is 374 g/mol. The second-order valence-electron chi connectivity index (χ2n) is 5.89. The van der Waals surface area contributed by atoms with Gasteiger partial charge in [-0.3, -0.25) is 9.59 Å². The first-order valence-corrected chi connectivity index (χ1v) is 9.22. The van der Waals surface area contributed by atoms with Crippen molar-refractivity contribution in [1.82, 2.24) is 4.90 Å². The fraction of sp³-hybridized carbons (Fsp3) is 0.278. The highest BCUT2D eigenvalue weighted by molar-refractivity contribution is 7.99. The van der Waals surface area contributed by atoms with Gasteiger partial charge in [-0.15, -0.1) is 0 Å². The van der Waals surface area contributed by atoms with E-state index in [0.29, 0.717) is 11.3 Å². The van der Waals surface area contributed by atoms with Gasteiger partial charge in [0.1, 0.15) is 6.26 Å². The van der Waals surface area contributed by atoms with E-state index >= 15 is 0 Å². The van der Waals surface area contributed by atoms with Crippen LogP contribution in [0.1, 0.15) is 36.8 Å². The van der Waals surface area contributed by atoms with Crippen molar-refractivity contribution in [2.45, 2.75) is 6.92 Å². The Bertz CT molecular complexity index is 855. The number of thioether (sulfide) groups is 1. The number of aryl methyl sites for hydroxylation is 1. The third-order valence-corrected chi connectivity index (χ3v) is 5.03. The van der Waals surface area contributed by atoms with Crippen LogP contribution in [0.5, 0.6) is 0 Å². The van der Waals surface area contributed by atoms with E-state index in [2.05, 4.69) is 5.32 Å². The Morgan fingerprint density at radius 2 is 1.88 bits per heavy atom. The summed E-state index contributed by atoms with van der Waals surface area (Å²) in [6, 6.07) is 6.25. The molecule has 1 aliphatic rings. The van der Waals surface area contributed by atoms with Crippen LogP contribution in [0.15, 0.2) is 34.9 Å². The highest BCUT2D eigenvalue weighted by Crippen LogP contribution is 2.20. The molecule has 7 nitrogen and oxygen atoms in total. The van der Waals surface area contributed by atoms with Gasteiger partial charge < -0.3 is 19.7 Å². The van der Waals surface area contributed by atoms with Crippen LogP contribution in [0.4, 0.5) is 5.69 Å². The Morgan fingerprint density at radius 1 is 1.15 bits per heavy atom. The molecule has 0 aliphatic carbocycles. The molecule has 0 radical (unpaired) electrons. The Labute approximate surface area is 154 Å². The van der Waals surface area contributed by atoms with Crippen LogP contribution in [0.2, 0.25) is 0 Å². The standard InChI is InChI=1S/C18H18N2O5S/c1-11-8-12(17(22)20-4-6-26-7-5-20)2-3-14(11)19-16(21)15-9-13(10-25-15)18(23)24/h2-3,8-10H,4-7H2,1H3,(H,19,21)(H,23,24). The van der Waals surface area contributed by atoms with Crippen LogP contribution in [0.3, 0.4) is 0 Å². The number of amides is 2. The number of aromatic carboxylic acids is 1. The lowest BCUT2D eigenvalue weighted by molar-refractivity contribution is 0.0695. The number of carboxylic acid groups (broad SMARTS) is 1. The molecule has 136 valence electrons. The van der Waals surface area contributed by atoms with Crippen molar-refractivity contribution in [3.8, 4) is 0 Å². The van der Waals surface area contributed by atoms with Gasteiger partial charge in [-0.05, 0) is 30.7 Å². The monoisotopic (exact) mass is 374 g/mol. The van der Waals surface area contributed by atoms with E-state index in [1.807, 2.05) is 16.7 Å². The number of anilines is 1. The van der Waals surface area contributed by atoms with Crippen LogP contribution in [0.25, 0.3) is 0 Å². The molecule has 1 aromatic carbocycles. The van der Waals surface area contributed by atoms with Gasteiger partial charge in [0, 0.05) is 41.9 Å². The average Bonchev–Trinajstić information content (AvgIpc) is 3.14. The van der Waals surface area contributed by atoms with E-state index in [1.54, 1.807) is 25.1 Å². The Morgan fingerprint density at radius 3 is 2.50 bits per heavy atom. The number of hydrogen-bond acceptors (Lipinski definition) is 5. The van der Waals surface area contributed by atoms with Crippen molar-refractivity contribution in [3.63, 3.8) is 0 Å². The minimum absolute atomic E-state index is 0.0107. The minimum Gasteiger partial charge on any atom is -0.478 e. The summed E-state index contributed by atoms with van der Waals surface area (Å²) in [5, 5.41) is 11.5. The number of nitrogens with zero attached hydrogens (tertiary/aromatic N) is 1. The van der Waals surface area contributed by atoms with Crippen molar-refractivity contribution in [1.29, 1.82) is 0 Å². The third-order valence-electron chi connectivity index (χ3n) is 4.09. The SMILES string of the molecule is Cc1cc(C(=O)N2CCSCC2)ccc1NC(=O)c1cc(C(=O)O)co1. The molecule has 1 aromatic heterocycles. The highest BCUT2D eigenvalue weighted by Gasteiger charge is 2.20. The molecule has 26 heavy (non-hydrogen) atoms. The van der Waals surface area contributed by atoms with Gasteiger partial charge >= 0.3 is 5.97 Å². The number of rotatable bonds is 4. The molecule has 0 saturated carbocycles. The molecule has 0 atom stereocenters. The van der Waals surface area contributed by atoms with Crippen LogP contribution in [-0.4, -0.2) is 52.4 Å². The Hall–Kier alpha value is -2.74. The number of carbonyl (C=O) groups is 3. The molecule has 2 N–H and O–H groups in total. The summed E-state index contributed by atoms with van der Waals surface area (Å²) in [5.74, 6) is 0.0765. The predicted octanol–water partition coefficient (Wildman–Crippen LogP) is 2.73. The van der Waals surface area contributed by atoms with Gasteiger partial charge in [-0.2, -0.15) is 11.8 Å². The minimum atomic E-state index is -1.16. The van der Waals surface area contributed by atoms with Gasteiger partial charge in [0.05, 0.1) is 5.56 Å². The number of furan rings is 1. The van der Waals surface area contributed by atoms with Gasteiger partial charge in [0.2, 0.25) is 0 Å². The van der Waals surface area contributed by atoms with E-state index in [9.17, 15) is 14.4 Å². The second-order valence-corrected chi connectivity index (χ2v) is 7.12. The first kappa shape index (κ1) is 18.1. The number of carbonyl (C=O) groups excluding carboxylic acids is 2. The van der Waals surface area contributed by atoms with Crippen molar-refractivity contribution < 1.29 is 23.9 Å². The largest absolute Gasteiger partial charge is 0.478 e. The van der Waals surface area contributed by atoms with E-state index in [4.69, 9.17) is 9.52 Å². The van der Waals surface area contributed by atoms with Gasteiger partial charge in [-0.1, -0.05) is 0 Å². The topological polar surface area (TPSA) is 99.9 Å². The molecule has 1 saturated heterocycles. The molecule has 1 aliphatic heterocycles. The molecule has 2 amide bonds. The van der Waals surface area contributed by atoms with Crippen molar-refractivity contribution in [2.75, 3.05) is 29.9 Å². The van der Waals surface area contributed by atoms with Gasteiger partial charge in [0.25, 0.3) is 11.8 Å². The van der Waals surface area contributed by atoms with Crippen molar-refractivity contribution in [2.24, 2.45) is 0 Å². The van der Waals surface area contributed by atoms with Gasteiger partial charge in [-0.25, -0.2) is 4.79 Å². The predicted molar refractivity (Wildman–Crippen MR) is 98.0 cm³/mol. The zero-order valence-electron chi connectivity index (χ0n) is 14.2. The van der Waals surface area contributed by atoms with Gasteiger partial charge in [0.15, 0.2) is 5.76 Å². The first-order chi connectivity index (χ1) is 12.5. The molecule has 2 heterocycles. The summed E-state index contributed by atoms with van der Waals surface area (Å²) >= 11 is 1.84. The summed E-state index contributed by atoms with van der Waals surface area (Å²) < 4.78 is 4.99. The second kappa shape index (κ2) is 7.65. The number of nitrogens with one attached hydrogen (secondary N) is 1.